The second-order valence-electron chi connectivity index (χ2n) is 9.59. The Labute approximate surface area is 251 Å². The van der Waals surface area contributed by atoms with Crippen molar-refractivity contribution in [3.63, 3.8) is 0 Å². The van der Waals surface area contributed by atoms with Crippen LogP contribution in [0.15, 0.2) is 88.7 Å². The first kappa shape index (κ1) is 33.1. The molecule has 1 aliphatic rings. The molecule has 2 aromatic carbocycles. The normalized spacial score (nSPS) is 14.4. The van der Waals surface area contributed by atoms with E-state index >= 15 is 0 Å². The first-order chi connectivity index (χ1) is 19.2. The van der Waals surface area contributed by atoms with Gasteiger partial charge in [-0.1, -0.05) is 93.4 Å². The van der Waals surface area contributed by atoms with E-state index in [-0.39, 0.29) is 0 Å². The third-order valence-corrected chi connectivity index (χ3v) is 7.17. The molecule has 0 amide bonds. The molecule has 0 fully saturated rings. The molecule has 214 valence electrons. The maximum absolute atomic E-state index is 6.20. The van der Waals surface area contributed by atoms with E-state index in [1.165, 1.54) is 25.7 Å². The van der Waals surface area contributed by atoms with Gasteiger partial charge in [-0.3, -0.25) is 4.99 Å². The zero-order valence-electron chi connectivity index (χ0n) is 24.8. The predicted molar refractivity (Wildman–Crippen MR) is 177 cm³/mol. The van der Waals surface area contributed by atoms with E-state index in [4.69, 9.17) is 28.3 Å². The minimum atomic E-state index is 0.589. The molecule has 2 aromatic rings. The van der Waals surface area contributed by atoms with Crippen LogP contribution < -0.4 is 0 Å². The Morgan fingerprint density at radius 3 is 1.93 bits per heavy atom. The molecule has 0 aliphatic carbocycles. The summed E-state index contributed by atoms with van der Waals surface area (Å²) in [6.45, 7) is 17.6. The van der Waals surface area contributed by atoms with Crippen LogP contribution in [-0.2, 0) is 0 Å². The Balaban J connectivity index is 0.000000708. The molecule has 7 heteroatoms. The fourth-order valence-corrected chi connectivity index (χ4v) is 4.80. The smallest absolute Gasteiger partial charge is 0.162 e. The third-order valence-electron chi connectivity index (χ3n) is 6.67. The zero-order valence-corrected chi connectivity index (χ0v) is 26.3. The van der Waals surface area contributed by atoms with Crippen molar-refractivity contribution >= 4 is 52.2 Å². The summed E-state index contributed by atoms with van der Waals surface area (Å²) in [6.07, 6.45) is 8.33. The molecule has 0 N–H and O–H groups in total. The minimum Gasteiger partial charge on any atom is -0.313 e. The van der Waals surface area contributed by atoms with Gasteiger partial charge in [0, 0.05) is 42.5 Å². The van der Waals surface area contributed by atoms with Crippen LogP contribution in [0.5, 0.6) is 0 Å². The number of allylic oxidation sites excluding steroid dienone is 2. The minimum absolute atomic E-state index is 0.589. The van der Waals surface area contributed by atoms with Crippen molar-refractivity contribution in [3.8, 4) is 0 Å². The van der Waals surface area contributed by atoms with E-state index in [1.54, 1.807) is 13.3 Å². The molecule has 3 rings (SSSR count). The van der Waals surface area contributed by atoms with E-state index in [9.17, 15) is 0 Å². The van der Waals surface area contributed by atoms with Crippen LogP contribution in [-0.4, -0.2) is 48.4 Å². The second-order valence-corrected chi connectivity index (χ2v) is 10.5. The molecule has 5 nitrogen and oxygen atoms in total. The average molecular weight is 581 g/mol. The highest BCUT2D eigenvalue weighted by Gasteiger charge is 2.30. The summed E-state index contributed by atoms with van der Waals surface area (Å²) in [5, 5.41) is 8.53. The Bertz CT molecular complexity index is 1230. The molecule has 40 heavy (non-hydrogen) atoms. The SMILES string of the molecule is C=C/C(=C(\C1=NN(CC(CCC)CCC)C(=C)N1C)c1ccc(Cl)cc1)c1ccc(Cl)cc1.CC=NC(C)=NC. The number of nitrogens with zero attached hydrogens (tertiary/aromatic N) is 5. The van der Waals surface area contributed by atoms with E-state index in [2.05, 4.69) is 46.9 Å². The first-order valence-electron chi connectivity index (χ1n) is 13.8. The molecule has 0 saturated heterocycles. The Morgan fingerprint density at radius 1 is 0.975 bits per heavy atom. The fourth-order valence-electron chi connectivity index (χ4n) is 4.55. The second kappa shape index (κ2) is 16.8. The Hall–Kier alpha value is -3.15. The average Bonchev–Trinajstić information content (AvgIpc) is 3.22. The van der Waals surface area contributed by atoms with Crippen LogP contribution in [0.1, 0.15) is 64.5 Å². The highest BCUT2D eigenvalue weighted by atomic mass is 35.5. The zero-order chi connectivity index (χ0) is 29.7. The predicted octanol–water partition coefficient (Wildman–Crippen LogP) is 9.46. The molecule has 0 atom stereocenters. The van der Waals surface area contributed by atoms with Gasteiger partial charge < -0.3 is 4.90 Å². The molecular formula is C33H43Cl2N5. The van der Waals surface area contributed by atoms with Crippen molar-refractivity contribution in [1.29, 1.82) is 0 Å². The fraction of sp³-hybridized carbons (Fsp3) is 0.364. The van der Waals surface area contributed by atoms with Gasteiger partial charge in [0.1, 0.15) is 11.7 Å². The third kappa shape index (κ3) is 9.21. The number of amidine groups is 2. The lowest BCUT2D eigenvalue weighted by Gasteiger charge is -2.24. The Morgan fingerprint density at radius 2 is 1.50 bits per heavy atom. The lowest BCUT2D eigenvalue weighted by Crippen LogP contribution is -2.27. The molecule has 1 heterocycles. The maximum atomic E-state index is 6.20. The largest absolute Gasteiger partial charge is 0.313 e. The lowest BCUT2D eigenvalue weighted by molar-refractivity contribution is 0.260. The van der Waals surface area contributed by atoms with Gasteiger partial charge in [0.2, 0.25) is 0 Å². The maximum Gasteiger partial charge on any atom is 0.162 e. The van der Waals surface area contributed by atoms with Crippen molar-refractivity contribution in [1.82, 2.24) is 9.91 Å². The van der Waals surface area contributed by atoms with Gasteiger partial charge in [0.15, 0.2) is 5.84 Å². The Kier molecular flexibility index (Phi) is 13.9. The number of benzene rings is 2. The van der Waals surface area contributed by atoms with Crippen molar-refractivity contribution < 1.29 is 0 Å². The number of aliphatic imine (C=N–C) groups is 2. The van der Waals surface area contributed by atoms with Gasteiger partial charge in [0.25, 0.3) is 0 Å². The molecule has 0 bridgehead atoms. The number of halogens is 2. The van der Waals surface area contributed by atoms with Gasteiger partial charge in [-0.15, -0.1) is 0 Å². The van der Waals surface area contributed by atoms with Crippen molar-refractivity contribution in [3.05, 3.63) is 94.8 Å². The summed E-state index contributed by atoms with van der Waals surface area (Å²) in [5.41, 5.74) is 4.00. The van der Waals surface area contributed by atoms with Gasteiger partial charge in [0.05, 0.1) is 0 Å². The standard InChI is InChI=1S/C28H33Cl2N3.C5H10N2/c1-6-9-21(10-7-2)19-33-20(4)32(5)28(31-33)27(23-13-17-25(30)18-14-23)26(8-3)22-11-15-24(29)16-12-22;1-4-7-5(2)6-3/h8,11-18,21H,3-4,6-7,9-10,19H2,1-2,5H3;4H,1-3H3/b27-26+;. The topological polar surface area (TPSA) is 43.6 Å². The number of hydrazone groups is 1. The number of rotatable bonds is 10. The summed E-state index contributed by atoms with van der Waals surface area (Å²) in [7, 11) is 3.75. The molecule has 0 saturated carbocycles. The molecule has 0 unspecified atom stereocenters. The summed E-state index contributed by atoms with van der Waals surface area (Å²) >= 11 is 12.4. The number of hydrogen-bond donors (Lipinski definition) is 0. The van der Waals surface area contributed by atoms with Crippen LogP contribution in [0, 0.1) is 5.92 Å². The van der Waals surface area contributed by atoms with E-state index in [0.717, 1.165) is 46.3 Å². The number of hydrogen-bond acceptors (Lipinski definition) is 4. The molecule has 1 aliphatic heterocycles. The molecule has 0 radical (unpaired) electrons. The van der Waals surface area contributed by atoms with Crippen LogP contribution in [0.4, 0.5) is 0 Å². The van der Waals surface area contributed by atoms with Crippen molar-refractivity contribution in [2.45, 2.75) is 53.4 Å². The van der Waals surface area contributed by atoms with E-state index in [0.29, 0.717) is 16.0 Å². The molecule has 0 aromatic heterocycles. The molecule has 0 spiro atoms. The summed E-state index contributed by atoms with van der Waals surface area (Å²) < 4.78 is 0. The highest BCUT2D eigenvalue weighted by molar-refractivity contribution is 6.33. The lowest BCUT2D eigenvalue weighted by atomic mass is 9.93. The quantitative estimate of drug-likeness (QED) is 0.122. The summed E-state index contributed by atoms with van der Waals surface area (Å²) in [4.78, 5) is 9.73. The van der Waals surface area contributed by atoms with E-state index in [1.807, 2.05) is 75.5 Å². The van der Waals surface area contributed by atoms with Gasteiger partial charge >= 0.3 is 0 Å². The van der Waals surface area contributed by atoms with Crippen molar-refractivity contribution in [2.24, 2.45) is 21.0 Å². The van der Waals surface area contributed by atoms with Gasteiger partial charge in [-0.2, -0.15) is 5.10 Å². The van der Waals surface area contributed by atoms with Gasteiger partial charge in [-0.05, 0) is 73.6 Å². The monoisotopic (exact) mass is 579 g/mol. The van der Waals surface area contributed by atoms with Crippen molar-refractivity contribution in [2.75, 3.05) is 20.6 Å². The van der Waals surface area contributed by atoms with Crippen LogP contribution in [0.2, 0.25) is 10.0 Å². The van der Waals surface area contributed by atoms with Gasteiger partial charge in [-0.25, -0.2) is 10.0 Å². The van der Waals surface area contributed by atoms with Crippen LogP contribution >= 0.6 is 23.2 Å². The summed E-state index contributed by atoms with van der Waals surface area (Å²) in [6, 6.07) is 15.7. The van der Waals surface area contributed by atoms with Crippen LogP contribution in [0.3, 0.4) is 0 Å². The first-order valence-corrected chi connectivity index (χ1v) is 14.6. The number of likely N-dealkylation sites (N-methyl/N-ethyl adjacent to an activating group) is 1. The van der Waals surface area contributed by atoms with Crippen LogP contribution in [0.25, 0.3) is 11.1 Å². The summed E-state index contributed by atoms with van der Waals surface area (Å²) in [5.74, 6) is 3.14. The van der Waals surface area contributed by atoms with E-state index < -0.39 is 0 Å². The molecular weight excluding hydrogens is 537 g/mol. The highest BCUT2D eigenvalue weighted by Crippen LogP contribution is 2.35.